The maximum atomic E-state index is 6.59. The van der Waals surface area contributed by atoms with Crippen LogP contribution in [-0.4, -0.2) is 43.2 Å². The van der Waals surface area contributed by atoms with Gasteiger partial charge in [0, 0.05) is 30.4 Å². The SMILES string of the molecule is C=Nc1nc(-c2ccc(N3CCOCC3)cc2)c(Cl)cc1NC(C)c1cc(C)no1.CC. The maximum absolute atomic E-state index is 6.59. The minimum absolute atomic E-state index is 0.122. The molecule has 1 fully saturated rings. The highest BCUT2D eigenvalue weighted by Gasteiger charge is 2.17. The van der Waals surface area contributed by atoms with E-state index < -0.39 is 0 Å². The molecule has 1 aromatic carbocycles. The van der Waals surface area contributed by atoms with Crippen LogP contribution in [0.5, 0.6) is 0 Å². The molecule has 170 valence electrons. The number of aliphatic imine (C=N–C) groups is 1. The number of rotatable bonds is 6. The van der Waals surface area contributed by atoms with Crippen LogP contribution in [0, 0.1) is 6.92 Å². The highest BCUT2D eigenvalue weighted by Crippen LogP contribution is 2.36. The van der Waals surface area contributed by atoms with Crippen LogP contribution in [0.3, 0.4) is 0 Å². The number of halogens is 1. The molecule has 4 rings (SSSR count). The normalized spacial score (nSPS) is 14.3. The molecule has 1 N–H and O–H groups in total. The zero-order chi connectivity index (χ0) is 23.1. The molecule has 1 aliphatic heterocycles. The van der Waals surface area contributed by atoms with Crippen molar-refractivity contribution < 1.29 is 9.26 Å². The summed E-state index contributed by atoms with van der Waals surface area (Å²) >= 11 is 6.59. The number of morpholine rings is 1. The lowest BCUT2D eigenvalue weighted by Gasteiger charge is -2.28. The van der Waals surface area contributed by atoms with E-state index in [1.807, 2.05) is 52.0 Å². The van der Waals surface area contributed by atoms with E-state index in [2.05, 4.69) is 44.2 Å². The standard InChI is InChI=1S/C22H24ClN5O2.C2H6/c1-14-12-20(30-27-14)15(2)25-19-13-18(23)21(26-22(19)24-3)16-4-6-17(7-5-16)28-8-10-29-11-9-28;1-2/h4-7,12-13,15,25H,3,8-11H2,1-2H3;1-2H3. The third kappa shape index (κ3) is 5.47. The first-order valence-corrected chi connectivity index (χ1v) is 11.2. The second kappa shape index (κ2) is 11.1. The topological polar surface area (TPSA) is 75.8 Å². The van der Waals surface area contributed by atoms with Crippen LogP contribution < -0.4 is 10.2 Å². The van der Waals surface area contributed by atoms with Gasteiger partial charge in [0.15, 0.2) is 11.6 Å². The molecule has 0 amide bonds. The van der Waals surface area contributed by atoms with Crippen molar-refractivity contribution in [3.05, 3.63) is 52.9 Å². The van der Waals surface area contributed by atoms with Crippen molar-refractivity contribution >= 4 is 35.5 Å². The van der Waals surface area contributed by atoms with Crippen molar-refractivity contribution in [1.82, 2.24) is 10.1 Å². The molecule has 1 atom stereocenters. The van der Waals surface area contributed by atoms with Gasteiger partial charge in [-0.3, -0.25) is 0 Å². The molecule has 32 heavy (non-hydrogen) atoms. The summed E-state index contributed by atoms with van der Waals surface area (Å²) in [5.41, 5.74) is 4.27. The third-order valence-corrected chi connectivity index (χ3v) is 5.36. The molecule has 7 nitrogen and oxygen atoms in total. The Morgan fingerprint density at radius 2 is 1.84 bits per heavy atom. The second-order valence-electron chi connectivity index (χ2n) is 7.23. The van der Waals surface area contributed by atoms with Crippen LogP contribution in [0.1, 0.15) is 38.3 Å². The van der Waals surface area contributed by atoms with Gasteiger partial charge in [0.25, 0.3) is 0 Å². The molecule has 0 radical (unpaired) electrons. The fraction of sp³-hybridized carbons (Fsp3) is 0.375. The minimum Gasteiger partial charge on any atom is -0.378 e. The molecule has 1 unspecified atom stereocenters. The Morgan fingerprint density at radius 1 is 1.16 bits per heavy atom. The van der Waals surface area contributed by atoms with Gasteiger partial charge in [-0.1, -0.05) is 42.7 Å². The Hall–Kier alpha value is -2.90. The second-order valence-corrected chi connectivity index (χ2v) is 7.64. The first-order valence-electron chi connectivity index (χ1n) is 10.9. The summed E-state index contributed by atoms with van der Waals surface area (Å²) in [6.07, 6.45) is 0. The first kappa shape index (κ1) is 23.8. The lowest BCUT2D eigenvalue weighted by Crippen LogP contribution is -2.36. The average molecular weight is 456 g/mol. The van der Waals surface area contributed by atoms with Gasteiger partial charge in [-0.15, -0.1) is 0 Å². The number of nitrogens with one attached hydrogen (secondary N) is 1. The molecular formula is C24H30ClN5O2. The van der Waals surface area contributed by atoms with E-state index in [1.54, 1.807) is 0 Å². The predicted octanol–water partition coefficient (Wildman–Crippen LogP) is 6.07. The predicted molar refractivity (Wildman–Crippen MR) is 132 cm³/mol. The van der Waals surface area contributed by atoms with Crippen molar-refractivity contribution in [1.29, 1.82) is 0 Å². The van der Waals surface area contributed by atoms with Crippen molar-refractivity contribution in [2.45, 2.75) is 33.7 Å². The van der Waals surface area contributed by atoms with Crippen molar-refractivity contribution in [2.75, 3.05) is 36.5 Å². The maximum Gasteiger partial charge on any atom is 0.175 e. The summed E-state index contributed by atoms with van der Waals surface area (Å²) in [4.78, 5) is 11.0. The molecule has 0 spiro atoms. The van der Waals surface area contributed by atoms with Gasteiger partial charge in [-0.2, -0.15) is 0 Å². The molecular weight excluding hydrogens is 426 g/mol. The summed E-state index contributed by atoms with van der Waals surface area (Å²) in [5.74, 6) is 1.20. The molecule has 3 heterocycles. The number of anilines is 2. The Kier molecular flexibility index (Phi) is 8.25. The van der Waals surface area contributed by atoms with Gasteiger partial charge >= 0.3 is 0 Å². The number of aryl methyl sites for hydroxylation is 1. The van der Waals surface area contributed by atoms with Crippen molar-refractivity contribution in [3.8, 4) is 11.3 Å². The lowest BCUT2D eigenvalue weighted by atomic mass is 10.1. The van der Waals surface area contributed by atoms with Crippen molar-refractivity contribution in [2.24, 2.45) is 4.99 Å². The van der Waals surface area contributed by atoms with Gasteiger partial charge in [0.2, 0.25) is 0 Å². The molecule has 2 aromatic heterocycles. The Bertz CT molecular complexity index is 1030. The van der Waals surface area contributed by atoms with Crippen LogP contribution in [0.4, 0.5) is 17.2 Å². The molecule has 0 bridgehead atoms. The average Bonchev–Trinajstić information content (AvgIpc) is 3.28. The number of aromatic nitrogens is 2. The summed E-state index contributed by atoms with van der Waals surface area (Å²) in [6.45, 7) is 14.8. The van der Waals surface area contributed by atoms with Crippen LogP contribution in [0.25, 0.3) is 11.3 Å². The summed E-state index contributed by atoms with van der Waals surface area (Å²) < 4.78 is 10.8. The minimum atomic E-state index is -0.122. The smallest absolute Gasteiger partial charge is 0.175 e. The highest BCUT2D eigenvalue weighted by molar-refractivity contribution is 6.33. The first-order chi connectivity index (χ1) is 15.5. The fourth-order valence-corrected chi connectivity index (χ4v) is 3.71. The summed E-state index contributed by atoms with van der Waals surface area (Å²) in [6, 6.07) is 11.8. The quantitative estimate of drug-likeness (QED) is 0.455. The number of nitrogens with zero attached hydrogens (tertiary/aromatic N) is 4. The number of hydrogen-bond acceptors (Lipinski definition) is 7. The van der Waals surface area contributed by atoms with Crippen molar-refractivity contribution in [3.63, 3.8) is 0 Å². The van der Waals surface area contributed by atoms with Crippen LogP contribution >= 0.6 is 11.6 Å². The van der Waals surface area contributed by atoms with E-state index in [1.165, 1.54) is 0 Å². The third-order valence-electron chi connectivity index (χ3n) is 5.07. The fourth-order valence-electron chi connectivity index (χ4n) is 3.45. The monoisotopic (exact) mass is 455 g/mol. The molecule has 0 aliphatic carbocycles. The molecule has 3 aromatic rings. The molecule has 1 aliphatic rings. The molecule has 8 heteroatoms. The summed E-state index contributed by atoms with van der Waals surface area (Å²) in [7, 11) is 0. The van der Waals surface area contributed by atoms with E-state index in [-0.39, 0.29) is 6.04 Å². The van der Waals surface area contributed by atoms with E-state index in [0.29, 0.717) is 22.2 Å². The van der Waals surface area contributed by atoms with Gasteiger partial charge in [0.05, 0.1) is 41.4 Å². The van der Waals surface area contributed by atoms with Gasteiger partial charge in [0.1, 0.15) is 0 Å². The van der Waals surface area contributed by atoms with Crippen LogP contribution in [0.2, 0.25) is 5.02 Å². The lowest BCUT2D eigenvalue weighted by molar-refractivity contribution is 0.122. The zero-order valence-corrected chi connectivity index (χ0v) is 19.8. The Labute approximate surface area is 194 Å². The number of hydrogen-bond donors (Lipinski definition) is 1. The van der Waals surface area contributed by atoms with E-state index in [4.69, 9.17) is 20.9 Å². The number of ether oxygens (including phenoxy) is 1. The van der Waals surface area contributed by atoms with E-state index in [9.17, 15) is 0 Å². The largest absolute Gasteiger partial charge is 0.378 e. The number of benzene rings is 1. The molecule has 0 saturated carbocycles. The van der Waals surface area contributed by atoms with Gasteiger partial charge < -0.3 is 19.5 Å². The summed E-state index contributed by atoms with van der Waals surface area (Å²) in [5, 5.41) is 7.79. The highest BCUT2D eigenvalue weighted by atomic mass is 35.5. The zero-order valence-electron chi connectivity index (χ0n) is 19.1. The van der Waals surface area contributed by atoms with Crippen LogP contribution in [-0.2, 0) is 4.74 Å². The van der Waals surface area contributed by atoms with E-state index in [0.717, 1.165) is 49.0 Å². The molecule has 1 saturated heterocycles. The Balaban J connectivity index is 0.00000141. The van der Waals surface area contributed by atoms with E-state index >= 15 is 0 Å². The van der Waals surface area contributed by atoms with Gasteiger partial charge in [-0.05, 0) is 38.8 Å². The number of pyridine rings is 1. The van der Waals surface area contributed by atoms with Crippen LogP contribution in [0.15, 0.2) is 45.9 Å². The van der Waals surface area contributed by atoms with Gasteiger partial charge in [-0.25, -0.2) is 9.98 Å². The Morgan fingerprint density at radius 3 is 2.44 bits per heavy atom.